The number of rotatable bonds is 7. The van der Waals surface area contributed by atoms with Gasteiger partial charge in [0.05, 0.1) is 31.6 Å². The molecule has 0 fully saturated rings. The Morgan fingerprint density at radius 3 is 2.42 bits per heavy atom. The van der Waals surface area contributed by atoms with Gasteiger partial charge in [0.25, 0.3) is 0 Å². The number of nitrogens with one attached hydrogen (secondary N) is 2. The number of carbonyl (C=O) groups is 3. The monoisotopic (exact) mass is 424 g/mol. The largest absolute Gasteiger partial charge is 0.497 e. The van der Waals surface area contributed by atoms with E-state index in [1.54, 1.807) is 62.3 Å². The van der Waals surface area contributed by atoms with Gasteiger partial charge < -0.3 is 15.4 Å². The molecule has 0 spiro atoms. The summed E-state index contributed by atoms with van der Waals surface area (Å²) in [5.41, 5.74) is 0.850. The Labute approximate surface area is 182 Å². The number of para-hydroxylation sites is 2. The van der Waals surface area contributed by atoms with Crippen LogP contribution in [0.4, 0.5) is 17.1 Å². The van der Waals surface area contributed by atoms with E-state index in [-0.39, 0.29) is 30.8 Å². The summed E-state index contributed by atoms with van der Waals surface area (Å²) in [6.45, 7) is 5.87. The number of nitrogens with zero attached hydrogens (tertiary/aromatic N) is 2. The van der Waals surface area contributed by atoms with E-state index >= 15 is 0 Å². The van der Waals surface area contributed by atoms with Crippen molar-refractivity contribution in [2.75, 3.05) is 42.3 Å². The van der Waals surface area contributed by atoms with Crippen LogP contribution in [0.5, 0.6) is 5.75 Å². The van der Waals surface area contributed by atoms with E-state index in [4.69, 9.17) is 4.74 Å². The number of anilines is 3. The summed E-state index contributed by atoms with van der Waals surface area (Å²) < 4.78 is 5.12. The Hall–Kier alpha value is -3.39. The standard InChI is InChI=1S/C23H28N4O4/c1-5-26(14-20(28)24-16-10-12-17(31-4)13-11-16)15-21(29)27-19-9-7-6-8-18(19)25-22(30)23(27,2)3/h6-13H,5,14-15H2,1-4H3,(H,24,28)(H,25,30). The van der Waals surface area contributed by atoms with E-state index < -0.39 is 5.54 Å². The second-order valence-electron chi connectivity index (χ2n) is 7.84. The molecule has 2 aromatic carbocycles. The van der Waals surface area contributed by atoms with Gasteiger partial charge in [0, 0.05) is 5.69 Å². The third-order valence-electron chi connectivity index (χ3n) is 5.30. The SMILES string of the molecule is CCN(CC(=O)Nc1ccc(OC)cc1)CC(=O)N1c2ccccc2NC(=O)C1(C)C. The summed E-state index contributed by atoms with van der Waals surface area (Å²) in [5, 5.41) is 5.68. The van der Waals surface area contributed by atoms with Gasteiger partial charge >= 0.3 is 0 Å². The molecule has 0 radical (unpaired) electrons. The number of likely N-dealkylation sites (N-methyl/N-ethyl adjacent to an activating group) is 1. The second kappa shape index (κ2) is 9.18. The van der Waals surface area contributed by atoms with Gasteiger partial charge in [-0.2, -0.15) is 0 Å². The highest BCUT2D eigenvalue weighted by Crippen LogP contribution is 2.36. The highest BCUT2D eigenvalue weighted by atomic mass is 16.5. The minimum Gasteiger partial charge on any atom is -0.497 e. The molecule has 2 aromatic rings. The summed E-state index contributed by atoms with van der Waals surface area (Å²) in [7, 11) is 1.58. The molecule has 1 heterocycles. The number of benzene rings is 2. The predicted octanol–water partition coefficient (Wildman–Crippen LogP) is 2.72. The van der Waals surface area contributed by atoms with Crippen molar-refractivity contribution in [1.29, 1.82) is 0 Å². The van der Waals surface area contributed by atoms with Crippen LogP contribution in [-0.4, -0.2) is 54.9 Å². The minimum absolute atomic E-state index is 0.0115. The molecule has 31 heavy (non-hydrogen) atoms. The molecule has 3 amide bonds. The van der Waals surface area contributed by atoms with Crippen molar-refractivity contribution in [1.82, 2.24) is 4.90 Å². The molecular weight excluding hydrogens is 396 g/mol. The first kappa shape index (κ1) is 22.3. The van der Waals surface area contributed by atoms with Gasteiger partial charge in [-0.15, -0.1) is 0 Å². The quantitative estimate of drug-likeness (QED) is 0.713. The maximum absolute atomic E-state index is 13.3. The van der Waals surface area contributed by atoms with E-state index in [0.29, 0.717) is 29.4 Å². The van der Waals surface area contributed by atoms with Gasteiger partial charge in [0.15, 0.2) is 0 Å². The predicted molar refractivity (Wildman–Crippen MR) is 120 cm³/mol. The Kier molecular flexibility index (Phi) is 6.60. The molecule has 0 aliphatic carbocycles. The molecule has 8 nitrogen and oxygen atoms in total. The molecule has 0 unspecified atom stereocenters. The van der Waals surface area contributed by atoms with Crippen LogP contribution in [0.25, 0.3) is 0 Å². The van der Waals surface area contributed by atoms with E-state index in [0.717, 1.165) is 0 Å². The molecular formula is C23H28N4O4. The Morgan fingerprint density at radius 1 is 1.10 bits per heavy atom. The first-order chi connectivity index (χ1) is 14.8. The number of ether oxygens (including phenoxy) is 1. The van der Waals surface area contributed by atoms with Crippen molar-refractivity contribution in [3.63, 3.8) is 0 Å². The number of carbonyl (C=O) groups excluding carboxylic acids is 3. The summed E-state index contributed by atoms with van der Waals surface area (Å²) in [6.07, 6.45) is 0. The number of fused-ring (bicyclic) bond motifs is 1. The van der Waals surface area contributed by atoms with Crippen molar-refractivity contribution >= 4 is 34.8 Å². The van der Waals surface area contributed by atoms with Crippen LogP contribution < -0.4 is 20.3 Å². The van der Waals surface area contributed by atoms with Gasteiger partial charge in [-0.25, -0.2) is 0 Å². The zero-order valence-electron chi connectivity index (χ0n) is 18.3. The topological polar surface area (TPSA) is 91.0 Å². The highest BCUT2D eigenvalue weighted by Gasteiger charge is 2.43. The molecule has 164 valence electrons. The van der Waals surface area contributed by atoms with Crippen LogP contribution in [-0.2, 0) is 14.4 Å². The normalized spacial score (nSPS) is 14.6. The lowest BCUT2D eigenvalue weighted by Crippen LogP contribution is -2.60. The zero-order valence-corrected chi connectivity index (χ0v) is 18.3. The Bertz CT molecular complexity index is 972. The van der Waals surface area contributed by atoms with Crippen LogP contribution in [0.2, 0.25) is 0 Å². The van der Waals surface area contributed by atoms with Gasteiger partial charge in [0.1, 0.15) is 11.3 Å². The van der Waals surface area contributed by atoms with Crippen molar-refractivity contribution in [2.24, 2.45) is 0 Å². The fraction of sp³-hybridized carbons (Fsp3) is 0.348. The van der Waals surface area contributed by atoms with Gasteiger partial charge in [-0.1, -0.05) is 19.1 Å². The zero-order chi connectivity index (χ0) is 22.6. The van der Waals surface area contributed by atoms with Crippen molar-refractivity contribution < 1.29 is 19.1 Å². The van der Waals surface area contributed by atoms with Gasteiger partial charge in [-0.3, -0.25) is 24.2 Å². The van der Waals surface area contributed by atoms with E-state index in [1.807, 2.05) is 19.1 Å². The van der Waals surface area contributed by atoms with E-state index in [1.165, 1.54) is 4.90 Å². The van der Waals surface area contributed by atoms with Crippen molar-refractivity contribution in [2.45, 2.75) is 26.3 Å². The fourth-order valence-electron chi connectivity index (χ4n) is 3.52. The van der Waals surface area contributed by atoms with Crippen molar-refractivity contribution in [3.8, 4) is 5.75 Å². The van der Waals surface area contributed by atoms with Crippen LogP contribution in [0, 0.1) is 0 Å². The molecule has 0 atom stereocenters. The van der Waals surface area contributed by atoms with E-state index in [2.05, 4.69) is 10.6 Å². The maximum atomic E-state index is 13.3. The second-order valence-corrected chi connectivity index (χ2v) is 7.84. The molecule has 0 bridgehead atoms. The third kappa shape index (κ3) is 4.86. The smallest absolute Gasteiger partial charge is 0.250 e. The number of hydrogen-bond acceptors (Lipinski definition) is 5. The van der Waals surface area contributed by atoms with Crippen LogP contribution >= 0.6 is 0 Å². The molecule has 8 heteroatoms. The molecule has 1 aliphatic rings. The molecule has 0 aromatic heterocycles. The summed E-state index contributed by atoms with van der Waals surface area (Å²) in [4.78, 5) is 41.6. The van der Waals surface area contributed by atoms with E-state index in [9.17, 15) is 14.4 Å². The molecule has 3 rings (SSSR count). The first-order valence-electron chi connectivity index (χ1n) is 10.2. The molecule has 0 saturated heterocycles. The summed E-state index contributed by atoms with van der Waals surface area (Å²) in [5.74, 6) is -0.0191. The first-order valence-corrected chi connectivity index (χ1v) is 10.2. The highest BCUT2D eigenvalue weighted by molar-refractivity contribution is 6.14. The minimum atomic E-state index is -1.05. The summed E-state index contributed by atoms with van der Waals surface area (Å²) >= 11 is 0. The Morgan fingerprint density at radius 2 is 1.77 bits per heavy atom. The molecule has 2 N–H and O–H groups in total. The third-order valence-corrected chi connectivity index (χ3v) is 5.30. The van der Waals surface area contributed by atoms with Crippen LogP contribution in [0.1, 0.15) is 20.8 Å². The van der Waals surface area contributed by atoms with Gasteiger partial charge in [-0.05, 0) is 56.8 Å². The van der Waals surface area contributed by atoms with Crippen LogP contribution in [0.15, 0.2) is 48.5 Å². The van der Waals surface area contributed by atoms with Gasteiger partial charge in [0.2, 0.25) is 17.7 Å². The lowest BCUT2D eigenvalue weighted by molar-refractivity contribution is -0.127. The molecule has 1 aliphatic heterocycles. The number of hydrogen-bond donors (Lipinski definition) is 2. The average molecular weight is 425 g/mol. The summed E-state index contributed by atoms with van der Waals surface area (Å²) in [6, 6.07) is 14.2. The fourth-order valence-corrected chi connectivity index (χ4v) is 3.52. The lowest BCUT2D eigenvalue weighted by atomic mass is 9.96. The van der Waals surface area contributed by atoms with Crippen LogP contribution in [0.3, 0.4) is 0 Å². The van der Waals surface area contributed by atoms with Crippen molar-refractivity contribution in [3.05, 3.63) is 48.5 Å². The molecule has 0 saturated carbocycles. The maximum Gasteiger partial charge on any atom is 0.250 e. The number of methoxy groups -OCH3 is 1. The lowest BCUT2D eigenvalue weighted by Gasteiger charge is -2.42. The Balaban J connectivity index is 1.70. The average Bonchev–Trinajstić information content (AvgIpc) is 2.74. The number of amides is 3.